The van der Waals surface area contributed by atoms with Crippen LogP contribution < -0.4 is 5.73 Å². The maximum absolute atomic E-state index is 12.3. The number of nitrogens with zero attached hydrogens (tertiary/aromatic N) is 1. The summed E-state index contributed by atoms with van der Waals surface area (Å²) in [5, 5.41) is 1.65. The molecule has 2 bridgehead atoms. The van der Waals surface area contributed by atoms with Gasteiger partial charge in [-0.05, 0) is 18.9 Å². The van der Waals surface area contributed by atoms with Gasteiger partial charge in [0, 0.05) is 24.2 Å². The van der Waals surface area contributed by atoms with Crippen LogP contribution in [0.15, 0.2) is 15.7 Å². The summed E-state index contributed by atoms with van der Waals surface area (Å²) >= 11 is 1.18. The molecule has 1 aromatic heterocycles. The second kappa shape index (κ2) is 3.94. The lowest BCUT2D eigenvalue weighted by Gasteiger charge is -2.30. The molecule has 2 atom stereocenters. The standard InChI is InChI=1S/C10H14N2O3S2/c11-7-3-10(16-6-7)17(13,14)12-4-8-1-2-9(5-12)15-8/h3,6,8-9H,1-2,4-5,11H2. The first kappa shape index (κ1) is 11.5. The van der Waals surface area contributed by atoms with E-state index in [4.69, 9.17) is 10.5 Å². The summed E-state index contributed by atoms with van der Waals surface area (Å²) in [6.45, 7) is 0.938. The summed E-state index contributed by atoms with van der Waals surface area (Å²) < 4.78 is 32.2. The Morgan fingerprint density at radius 3 is 2.53 bits per heavy atom. The van der Waals surface area contributed by atoms with Crippen LogP contribution in [-0.4, -0.2) is 38.0 Å². The zero-order chi connectivity index (χ0) is 12.0. The fraction of sp³-hybridized carbons (Fsp3) is 0.600. The van der Waals surface area contributed by atoms with E-state index in [-0.39, 0.29) is 12.2 Å². The minimum absolute atomic E-state index is 0.0702. The first-order chi connectivity index (χ1) is 8.05. The Morgan fingerprint density at radius 2 is 2.00 bits per heavy atom. The van der Waals surface area contributed by atoms with E-state index in [1.807, 2.05) is 0 Å². The number of rotatable bonds is 2. The topological polar surface area (TPSA) is 72.6 Å². The van der Waals surface area contributed by atoms with E-state index in [9.17, 15) is 8.42 Å². The maximum atomic E-state index is 12.3. The van der Waals surface area contributed by atoms with E-state index >= 15 is 0 Å². The van der Waals surface area contributed by atoms with Gasteiger partial charge in [0.25, 0.3) is 10.0 Å². The molecule has 0 aromatic carbocycles. The lowest BCUT2D eigenvalue weighted by Crippen LogP contribution is -2.45. The molecule has 0 saturated carbocycles. The molecule has 17 heavy (non-hydrogen) atoms. The Labute approximate surface area is 104 Å². The van der Waals surface area contributed by atoms with E-state index in [0.29, 0.717) is 23.0 Å². The third kappa shape index (κ3) is 1.97. The van der Waals surface area contributed by atoms with Crippen molar-refractivity contribution in [2.75, 3.05) is 18.8 Å². The van der Waals surface area contributed by atoms with Gasteiger partial charge in [-0.2, -0.15) is 4.31 Å². The van der Waals surface area contributed by atoms with Crippen LogP contribution in [0.4, 0.5) is 5.69 Å². The average Bonchev–Trinajstić information content (AvgIpc) is 2.85. The zero-order valence-corrected chi connectivity index (χ0v) is 10.8. The number of hydrogen-bond donors (Lipinski definition) is 1. The lowest BCUT2D eigenvalue weighted by atomic mass is 10.2. The van der Waals surface area contributed by atoms with Crippen molar-refractivity contribution >= 4 is 27.0 Å². The summed E-state index contributed by atoms with van der Waals surface area (Å²) in [7, 11) is -3.38. The Balaban J connectivity index is 1.88. The number of sulfonamides is 1. The number of anilines is 1. The summed E-state index contributed by atoms with van der Waals surface area (Å²) in [4.78, 5) is 0. The van der Waals surface area contributed by atoms with E-state index in [1.165, 1.54) is 21.7 Å². The van der Waals surface area contributed by atoms with E-state index in [1.54, 1.807) is 5.38 Å². The maximum Gasteiger partial charge on any atom is 0.252 e. The van der Waals surface area contributed by atoms with Crippen LogP contribution in [0, 0.1) is 0 Å². The van der Waals surface area contributed by atoms with Crippen LogP contribution in [0.3, 0.4) is 0 Å². The minimum atomic E-state index is -3.38. The monoisotopic (exact) mass is 274 g/mol. The Kier molecular flexibility index (Phi) is 2.66. The summed E-state index contributed by atoms with van der Waals surface area (Å²) in [5.41, 5.74) is 6.08. The molecule has 3 rings (SSSR count). The lowest BCUT2D eigenvalue weighted by molar-refractivity contribution is -0.0114. The molecule has 0 spiro atoms. The van der Waals surface area contributed by atoms with Gasteiger partial charge < -0.3 is 10.5 Å². The van der Waals surface area contributed by atoms with Gasteiger partial charge in [0.05, 0.1) is 12.2 Å². The van der Waals surface area contributed by atoms with Crippen LogP contribution in [0.2, 0.25) is 0 Å². The fourth-order valence-electron chi connectivity index (χ4n) is 2.37. The number of morpholine rings is 1. The molecule has 3 heterocycles. The quantitative estimate of drug-likeness (QED) is 0.869. The normalized spacial score (nSPS) is 29.6. The number of thiophene rings is 1. The van der Waals surface area contributed by atoms with Crippen LogP contribution in [-0.2, 0) is 14.8 Å². The molecule has 5 nitrogen and oxygen atoms in total. The number of nitrogen functional groups attached to an aromatic ring is 1. The predicted octanol–water partition coefficient (Wildman–Crippen LogP) is 0.882. The van der Waals surface area contributed by atoms with Gasteiger partial charge in [0.2, 0.25) is 0 Å². The zero-order valence-electron chi connectivity index (χ0n) is 9.20. The molecule has 94 valence electrons. The van der Waals surface area contributed by atoms with Crippen molar-refractivity contribution in [3.8, 4) is 0 Å². The molecule has 2 fully saturated rings. The third-order valence-electron chi connectivity index (χ3n) is 3.20. The van der Waals surface area contributed by atoms with Gasteiger partial charge in [0.1, 0.15) is 4.21 Å². The Bertz CT molecular complexity index is 513. The molecular formula is C10H14N2O3S2. The molecular weight excluding hydrogens is 260 g/mol. The van der Waals surface area contributed by atoms with Gasteiger partial charge in [-0.3, -0.25) is 0 Å². The summed E-state index contributed by atoms with van der Waals surface area (Å²) in [6.07, 6.45) is 2.06. The van der Waals surface area contributed by atoms with Crippen LogP contribution >= 0.6 is 11.3 Å². The second-order valence-corrected chi connectivity index (χ2v) is 7.55. The molecule has 0 amide bonds. The molecule has 2 N–H and O–H groups in total. The van der Waals surface area contributed by atoms with Crippen molar-refractivity contribution in [1.82, 2.24) is 4.31 Å². The fourth-order valence-corrected chi connectivity index (χ4v) is 5.10. The molecule has 2 aliphatic heterocycles. The highest BCUT2D eigenvalue weighted by Gasteiger charge is 2.39. The van der Waals surface area contributed by atoms with Crippen molar-refractivity contribution in [1.29, 1.82) is 0 Å². The van der Waals surface area contributed by atoms with Crippen molar-refractivity contribution in [3.05, 3.63) is 11.4 Å². The minimum Gasteiger partial charge on any atom is -0.398 e. The highest BCUT2D eigenvalue weighted by molar-refractivity contribution is 7.91. The molecule has 7 heteroatoms. The first-order valence-corrected chi connectivity index (χ1v) is 7.87. The van der Waals surface area contributed by atoms with Gasteiger partial charge in [0.15, 0.2) is 0 Å². The molecule has 0 radical (unpaired) electrons. The number of ether oxygens (including phenoxy) is 1. The van der Waals surface area contributed by atoms with Crippen LogP contribution in [0.5, 0.6) is 0 Å². The van der Waals surface area contributed by atoms with Crippen molar-refractivity contribution < 1.29 is 13.2 Å². The van der Waals surface area contributed by atoms with Crippen LogP contribution in [0.1, 0.15) is 12.8 Å². The Morgan fingerprint density at radius 1 is 1.35 bits per heavy atom. The molecule has 2 aliphatic rings. The van der Waals surface area contributed by atoms with Gasteiger partial charge in [-0.15, -0.1) is 11.3 Å². The van der Waals surface area contributed by atoms with Gasteiger partial charge in [-0.25, -0.2) is 8.42 Å². The third-order valence-corrected chi connectivity index (χ3v) is 6.46. The molecule has 2 saturated heterocycles. The van der Waals surface area contributed by atoms with Gasteiger partial charge >= 0.3 is 0 Å². The van der Waals surface area contributed by atoms with E-state index in [0.717, 1.165) is 12.8 Å². The molecule has 0 aliphatic carbocycles. The second-order valence-electron chi connectivity index (χ2n) is 4.48. The SMILES string of the molecule is Nc1csc(S(=O)(=O)N2CC3CCC(C2)O3)c1. The van der Waals surface area contributed by atoms with E-state index < -0.39 is 10.0 Å². The Hall–Kier alpha value is -0.630. The van der Waals surface area contributed by atoms with E-state index in [2.05, 4.69) is 0 Å². The summed E-state index contributed by atoms with van der Waals surface area (Å²) in [5.74, 6) is 0. The highest BCUT2D eigenvalue weighted by atomic mass is 32.2. The number of fused-ring (bicyclic) bond motifs is 2. The highest BCUT2D eigenvalue weighted by Crippen LogP contribution is 2.32. The predicted molar refractivity (Wildman–Crippen MR) is 65.4 cm³/mol. The van der Waals surface area contributed by atoms with Crippen molar-refractivity contribution in [2.45, 2.75) is 29.3 Å². The smallest absolute Gasteiger partial charge is 0.252 e. The number of hydrogen-bond acceptors (Lipinski definition) is 5. The van der Waals surface area contributed by atoms with Crippen LogP contribution in [0.25, 0.3) is 0 Å². The van der Waals surface area contributed by atoms with Crippen molar-refractivity contribution in [2.24, 2.45) is 0 Å². The first-order valence-electron chi connectivity index (χ1n) is 5.55. The molecule has 2 unspecified atom stereocenters. The largest absolute Gasteiger partial charge is 0.398 e. The number of nitrogens with two attached hydrogens (primary N) is 1. The van der Waals surface area contributed by atoms with Crippen molar-refractivity contribution in [3.63, 3.8) is 0 Å². The summed E-state index contributed by atoms with van der Waals surface area (Å²) in [6, 6.07) is 1.53. The van der Waals surface area contributed by atoms with Gasteiger partial charge in [-0.1, -0.05) is 0 Å². The molecule has 1 aromatic rings. The average molecular weight is 274 g/mol.